The molecule has 25 heavy (non-hydrogen) atoms. The third kappa shape index (κ3) is 3.24. The summed E-state index contributed by atoms with van der Waals surface area (Å²) in [5.74, 6) is -1.84. The number of imide groups is 2. The van der Waals surface area contributed by atoms with Crippen molar-refractivity contribution < 1.29 is 24.6 Å². The molecule has 0 radical (unpaired) electrons. The molecule has 2 aromatic rings. The van der Waals surface area contributed by atoms with Crippen LogP contribution in [0.1, 0.15) is 5.56 Å². The molecule has 8 heteroatoms. The van der Waals surface area contributed by atoms with Gasteiger partial charge in [0.15, 0.2) is 0 Å². The van der Waals surface area contributed by atoms with Crippen molar-refractivity contribution in [3.05, 3.63) is 58.1 Å². The second-order valence-electron chi connectivity index (χ2n) is 5.18. The van der Waals surface area contributed by atoms with Crippen LogP contribution in [-0.2, 0) is 9.59 Å². The van der Waals surface area contributed by atoms with E-state index in [0.717, 1.165) is 4.90 Å². The molecule has 0 spiro atoms. The number of carbonyl (C=O) groups excluding carboxylic acids is 3. The number of carbonyl (C=O) groups is 3. The Hall–Kier alpha value is -3.13. The van der Waals surface area contributed by atoms with Gasteiger partial charge in [0.1, 0.15) is 17.1 Å². The van der Waals surface area contributed by atoms with E-state index < -0.39 is 17.8 Å². The van der Waals surface area contributed by atoms with Crippen LogP contribution in [0, 0.1) is 0 Å². The zero-order valence-corrected chi connectivity index (χ0v) is 14.1. The van der Waals surface area contributed by atoms with Crippen LogP contribution < -0.4 is 10.2 Å². The number of anilines is 1. The number of barbiturate groups is 1. The lowest BCUT2D eigenvalue weighted by Crippen LogP contribution is -2.54. The van der Waals surface area contributed by atoms with Gasteiger partial charge >= 0.3 is 6.03 Å². The van der Waals surface area contributed by atoms with E-state index in [2.05, 4.69) is 21.2 Å². The summed E-state index contributed by atoms with van der Waals surface area (Å²) in [6.45, 7) is 0. The first-order chi connectivity index (χ1) is 11.9. The highest BCUT2D eigenvalue weighted by atomic mass is 79.9. The largest absolute Gasteiger partial charge is 0.508 e. The van der Waals surface area contributed by atoms with Gasteiger partial charge in [-0.3, -0.25) is 14.9 Å². The highest BCUT2D eigenvalue weighted by molar-refractivity contribution is 9.10. The minimum Gasteiger partial charge on any atom is -0.508 e. The van der Waals surface area contributed by atoms with E-state index in [1.807, 2.05) is 0 Å². The molecule has 4 amide bonds. The van der Waals surface area contributed by atoms with E-state index in [-0.39, 0.29) is 28.3 Å². The second kappa shape index (κ2) is 6.40. The van der Waals surface area contributed by atoms with Gasteiger partial charge in [-0.1, -0.05) is 15.9 Å². The fraction of sp³-hybridized carbons (Fsp3) is 0. The van der Waals surface area contributed by atoms with Crippen LogP contribution >= 0.6 is 15.9 Å². The number of phenols is 2. The number of benzene rings is 2. The summed E-state index contributed by atoms with van der Waals surface area (Å²) in [5.41, 5.74) is 0.131. The molecule has 3 N–H and O–H groups in total. The van der Waals surface area contributed by atoms with Gasteiger partial charge in [-0.15, -0.1) is 0 Å². The maximum Gasteiger partial charge on any atom is 0.335 e. The van der Waals surface area contributed by atoms with Crippen LogP contribution in [0.3, 0.4) is 0 Å². The van der Waals surface area contributed by atoms with E-state index in [4.69, 9.17) is 0 Å². The van der Waals surface area contributed by atoms with Crippen molar-refractivity contribution in [3.8, 4) is 11.5 Å². The fourth-order valence-electron chi connectivity index (χ4n) is 2.29. The molecule has 1 fully saturated rings. The van der Waals surface area contributed by atoms with Crippen LogP contribution in [0.5, 0.6) is 11.5 Å². The van der Waals surface area contributed by atoms with Crippen LogP contribution in [-0.4, -0.2) is 28.1 Å². The number of halogens is 1. The van der Waals surface area contributed by atoms with Crippen LogP contribution in [0.15, 0.2) is 52.5 Å². The Labute approximate surface area is 150 Å². The summed E-state index contributed by atoms with van der Waals surface area (Å²) < 4.78 is 0.646. The molecule has 0 unspecified atom stereocenters. The van der Waals surface area contributed by atoms with Crippen LogP contribution in [0.2, 0.25) is 0 Å². The number of phenolic OH excluding ortho intramolecular Hbond substituents is 2. The average Bonchev–Trinajstić information content (AvgIpc) is 2.56. The maximum atomic E-state index is 12.7. The summed E-state index contributed by atoms with van der Waals surface area (Å²) >= 11 is 3.24. The van der Waals surface area contributed by atoms with Crippen molar-refractivity contribution in [1.82, 2.24) is 5.32 Å². The van der Waals surface area contributed by atoms with Gasteiger partial charge in [0.25, 0.3) is 11.8 Å². The van der Waals surface area contributed by atoms with Gasteiger partial charge in [0.2, 0.25) is 0 Å². The Morgan fingerprint density at radius 3 is 2.36 bits per heavy atom. The SMILES string of the molecule is O=C1NC(=O)N(c2ccc(O)cc2)C(=O)/C1=C/c1cc(Br)ccc1O. The van der Waals surface area contributed by atoms with E-state index >= 15 is 0 Å². The normalized spacial score (nSPS) is 16.3. The smallest absolute Gasteiger partial charge is 0.335 e. The molecular weight excluding hydrogens is 392 g/mol. The fourth-order valence-corrected chi connectivity index (χ4v) is 2.67. The van der Waals surface area contributed by atoms with Gasteiger partial charge in [-0.25, -0.2) is 9.69 Å². The molecule has 0 bridgehead atoms. The quantitative estimate of drug-likeness (QED) is 0.528. The molecule has 0 saturated carbocycles. The third-order valence-corrected chi connectivity index (χ3v) is 3.99. The average molecular weight is 403 g/mol. The Balaban J connectivity index is 2.05. The monoisotopic (exact) mass is 402 g/mol. The minimum atomic E-state index is -0.892. The van der Waals surface area contributed by atoms with Crippen molar-refractivity contribution >= 4 is 45.5 Å². The molecule has 3 rings (SSSR count). The molecule has 0 aliphatic carbocycles. The molecule has 0 aromatic heterocycles. The summed E-state index contributed by atoms with van der Waals surface area (Å²) in [4.78, 5) is 37.5. The highest BCUT2D eigenvalue weighted by Gasteiger charge is 2.36. The number of nitrogens with one attached hydrogen (secondary N) is 1. The summed E-state index contributed by atoms with van der Waals surface area (Å²) in [7, 11) is 0. The molecule has 126 valence electrons. The predicted molar refractivity (Wildman–Crippen MR) is 92.9 cm³/mol. The van der Waals surface area contributed by atoms with Gasteiger partial charge < -0.3 is 10.2 Å². The summed E-state index contributed by atoms with van der Waals surface area (Å²) in [5, 5.41) is 21.3. The molecule has 2 aromatic carbocycles. The minimum absolute atomic E-state index is 0.0282. The lowest BCUT2D eigenvalue weighted by molar-refractivity contribution is -0.122. The molecular formula is C17H11BrN2O5. The van der Waals surface area contributed by atoms with Crippen molar-refractivity contribution in [1.29, 1.82) is 0 Å². The Kier molecular flexibility index (Phi) is 4.28. The highest BCUT2D eigenvalue weighted by Crippen LogP contribution is 2.27. The number of urea groups is 1. The molecule has 7 nitrogen and oxygen atoms in total. The standard InChI is InChI=1S/C17H11BrN2O5/c18-10-1-6-14(22)9(7-10)8-13-15(23)19-17(25)20(16(13)24)11-2-4-12(21)5-3-11/h1-8,21-22H,(H,19,23,25)/b13-8+. The number of nitrogens with zero attached hydrogens (tertiary/aromatic N) is 1. The van der Waals surface area contributed by atoms with E-state index in [1.165, 1.54) is 42.5 Å². The molecule has 1 aliphatic heterocycles. The Morgan fingerprint density at radius 1 is 1.00 bits per heavy atom. The van der Waals surface area contributed by atoms with Gasteiger partial charge in [0, 0.05) is 10.0 Å². The Morgan fingerprint density at radius 2 is 1.68 bits per heavy atom. The molecule has 1 saturated heterocycles. The number of hydrogen-bond donors (Lipinski definition) is 3. The van der Waals surface area contributed by atoms with Crippen molar-refractivity contribution in [3.63, 3.8) is 0 Å². The number of aromatic hydroxyl groups is 2. The topological polar surface area (TPSA) is 107 Å². The van der Waals surface area contributed by atoms with Crippen molar-refractivity contribution in [2.24, 2.45) is 0 Å². The number of hydrogen-bond acceptors (Lipinski definition) is 5. The maximum absolute atomic E-state index is 12.7. The van der Waals surface area contributed by atoms with Crippen molar-refractivity contribution in [2.75, 3.05) is 4.90 Å². The van der Waals surface area contributed by atoms with Gasteiger partial charge in [0.05, 0.1) is 5.69 Å². The zero-order chi connectivity index (χ0) is 18.1. The van der Waals surface area contributed by atoms with E-state index in [0.29, 0.717) is 4.47 Å². The van der Waals surface area contributed by atoms with Crippen LogP contribution in [0.4, 0.5) is 10.5 Å². The van der Waals surface area contributed by atoms with Crippen molar-refractivity contribution in [2.45, 2.75) is 0 Å². The predicted octanol–water partition coefficient (Wildman–Crippen LogP) is 2.53. The number of amides is 4. The zero-order valence-electron chi connectivity index (χ0n) is 12.6. The van der Waals surface area contributed by atoms with Gasteiger partial charge in [-0.05, 0) is 48.5 Å². The Bertz CT molecular complexity index is 921. The van der Waals surface area contributed by atoms with Crippen LogP contribution in [0.25, 0.3) is 6.08 Å². The lowest BCUT2D eigenvalue weighted by atomic mass is 10.1. The van der Waals surface area contributed by atoms with Gasteiger partial charge in [-0.2, -0.15) is 0 Å². The molecule has 1 aliphatic rings. The summed E-state index contributed by atoms with van der Waals surface area (Å²) in [6, 6.07) is 9.02. The molecule has 0 atom stereocenters. The third-order valence-electron chi connectivity index (χ3n) is 3.50. The first-order valence-corrected chi connectivity index (χ1v) is 7.85. The number of rotatable bonds is 2. The lowest BCUT2D eigenvalue weighted by Gasteiger charge is -2.26. The second-order valence-corrected chi connectivity index (χ2v) is 6.09. The molecule has 1 heterocycles. The first kappa shape index (κ1) is 16.7. The van der Waals surface area contributed by atoms with E-state index in [1.54, 1.807) is 6.07 Å². The summed E-state index contributed by atoms with van der Waals surface area (Å²) in [6.07, 6.45) is 1.21. The first-order valence-electron chi connectivity index (χ1n) is 7.06. The van der Waals surface area contributed by atoms with E-state index in [9.17, 15) is 24.6 Å².